The Morgan fingerprint density at radius 1 is 1.00 bits per heavy atom. The number of aryl methyl sites for hydroxylation is 3. The Labute approximate surface area is 119 Å². The molecule has 100 valence electrons. The van der Waals surface area contributed by atoms with E-state index >= 15 is 0 Å². The summed E-state index contributed by atoms with van der Waals surface area (Å²) in [4.78, 5) is 0. The summed E-state index contributed by atoms with van der Waals surface area (Å²) in [7, 11) is 0. The summed E-state index contributed by atoms with van der Waals surface area (Å²) in [5.74, 6) is 0. The summed E-state index contributed by atoms with van der Waals surface area (Å²) >= 11 is 6.09. The molecule has 0 bridgehead atoms. The number of benzene rings is 2. The van der Waals surface area contributed by atoms with Gasteiger partial charge in [-0.05, 0) is 49.1 Å². The van der Waals surface area contributed by atoms with Crippen molar-refractivity contribution in [2.45, 2.75) is 33.3 Å². The van der Waals surface area contributed by atoms with Gasteiger partial charge in [0.15, 0.2) is 0 Å². The maximum Gasteiger partial charge on any atom is 0.0833 e. The molecule has 0 aliphatic carbocycles. The van der Waals surface area contributed by atoms with Crippen molar-refractivity contribution < 1.29 is 5.11 Å². The quantitative estimate of drug-likeness (QED) is 0.871. The highest BCUT2D eigenvalue weighted by atomic mass is 35.5. The molecule has 0 radical (unpaired) electrons. The predicted molar refractivity (Wildman–Crippen MR) is 80.8 cm³/mol. The van der Waals surface area contributed by atoms with Crippen LogP contribution < -0.4 is 0 Å². The number of aliphatic hydroxyl groups is 1. The molecule has 1 nitrogen and oxygen atoms in total. The first-order valence-corrected chi connectivity index (χ1v) is 6.85. The highest BCUT2D eigenvalue weighted by molar-refractivity contribution is 6.31. The zero-order valence-corrected chi connectivity index (χ0v) is 12.3. The number of rotatable bonds is 3. The maximum atomic E-state index is 10.4. The molecular formula is C17H19ClO. The summed E-state index contributed by atoms with van der Waals surface area (Å²) < 4.78 is 0. The van der Waals surface area contributed by atoms with Crippen molar-refractivity contribution in [1.29, 1.82) is 0 Å². The third-order valence-corrected chi connectivity index (χ3v) is 3.86. The van der Waals surface area contributed by atoms with Gasteiger partial charge in [0.2, 0.25) is 0 Å². The van der Waals surface area contributed by atoms with Gasteiger partial charge in [-0.3, -0.25) is 0 Å². The molecule has 2 heteroatoms. The van der Waals surface area contributed by atoms with Gasteiger partial charge in [-0.25, -0.2) is 0 Å². The standard InChI is InChI=1S/C17H19ClO/c1-11-4-6-14(7-5-11)10-17(19)15-8-13(3)16(18)9-12(15)2/h4-9,17,19H,10H2,1-3H3. The van der Waals surface area contributed by atoms with Gasteiger partial charge in [0, 0.05) is 11.4 Å². The zero-order valence-electron chi connectivity index (χ0n) is 11.6. The van der Waals surface area contributed by atoms with E-state index in [1.54, 1.807) is 0 Å². The van der Waals surface area contributed by atoms with Crippen molar-refractivity contribution in [3.05, 3.63) is 69.2 Å². The average Bonchev–Trinajstić information content (AvgIpc) is 2.36. The highest BCUT2D eigenvalue weighted by Gasteiger charge is 2.13. The molecule has 2 aromatic carbocycles. The first-order valence-electron chi connectivity index (χ1n) is 6.47. The van der Waals surface area contributed by atoms with E-state index in [0.29, 0.717) is 6.42 Å². The van der Waals surface area contributed by atoms with E-state index in [9.17, 15) is 5.11 Å². The lowest BCUT2D eigenvalue weighted by molar-refractivity contribution is 0.177. The fourth-order valence-corrected chi connectivity index (χ4v) is 2.44. The van der Waals surface area contributed by atoms with E-state index in [0.717, 1.165) is 27.3 Å². The predicted octanol–water partition coefficient (Wildman–Crippen LogP) is 4.54. The van der Waals surface area contributed by atoms with Gasteiger partial charge >= 0.3 is 0 Å². The van der Waals surface area contributed by atoms with Crippen molar-refractivity contribution in [2.24, 2.45) is 0 Å². The second-order valence-electron chi connectivity index (χ2n) is 5.16. The minimum atomic E-state index is -0.487. The average molecular weight is 275 g/mol. The van der Waals surface area contributed by atoms with Crippen LogP contribution in [-0.2, 0) is 6.42 Å². The maximum absolute atomic E-state index is 10.4. The van der Waals surface area contributed by atoms with E-state index in [1.807, 2.05) is 26.0 Å². The zero-order chi connectivity index (χ0) is 14.0. The van der Waals surface area contributed by atoms with Gasteiger partial charge in [0.05, 0.1) is 6.10 Å². The molecule has 0 amide bonds. The lowest BCUT2D eigenvalue weighted by atomic mass is 9.96. The van der Waals surface area contributed by atoms with E-state index in [-0.39, 0.29) is 0 Å². The van der Waals surface area contributed by atoms with Crippen LogP contribution in [0.1, 0.15) is 33.9 Å². The molecule has 19 heavy (non-hydrogen) atoms. The number of halogens is 1. The third-order valence-electron chi connectivity index (χ3n) is 3.46. The Morgan fingerprint density at radius 3 is 2.26 bits per heavy atom. The summed E-state index contributed by atoms with van der Waals surface area (Å²) in [6, 6.07) is 12.2. The van der Waals surface area contributed by atoms with E-state index < -0.39 is 6.10 Å². The van der Waals surface area contributed by atoms with Crippen LogP contribution in [0, 0.1) is 20.8 Å². The van der Waals surface area contributed by atoms with E-state index in [4.69, 9.17) is 11.6 Å². The minimum Gasteiger partial charge on any atom is -0.388 e. The van der Waals surface area contributed by atoms with Crippen molar-refractivity contribution in [1.82, 2.24) is 0 Å². The molecule has 0 saturated carbocycles. The lowest BCUT2D eigenvalue weighted by Crippen LogP contribution is -2.04. The molecule has 0 fully saturated rings. The summed E-state index contributed by atoms with van der Waals surface area (Å²) in [5, 5.41) is 11.1. The molecule has 0 saturated heterocycles. The topological polar surface area (TPSA) is 20.2 Å². The van der Waals surface area contributed by atoms with Crippen LogP contribution in [0.2, 0.25) is 5.02 Å². The molecule has 1 atom stereocenters. The highest BCUT2D eigenvalue weighted by Crippen LogP contribution is 2.27. The second-order valence-corrected chi connectivity index (χ2v) is 5.57. The number of aliphatic hydroxyl groups excluding tert-OH is 1. The van der Waals surface area contributed by atoms with E-state index in [2.05, 4.69) is 31.2 Å². The van der Waals surface area contributed by atoms with Crippen molar-refractivity contribution in [3.8, 4) is 0 Å². The molecule has 2 rings (SSSR count). The van der Waals surface area contributed by atoms with Crippen LogP contribution in [0.5, 0.6) is 0 Å². The SMILES string of the molecule is Cc1ccc(CC(O)c2cc(C)c(Cl)cc2C)cc1. The van der Waals surface area contributed by atoms with Gasteiger partial charge in [-0.15, -0.1) is 0 Å². The third kappa shape index (κ3) is 3.37. The summed E-state index contributed by atoms with van der Waals surface area (Å²) in [6.45, 7) is 6.01. The molecule has 0 heterocycles. The Balaban J connectivity index is 2.22. The van der Waals surface area contributed by atoms with Crippen LogP contribution in [0.4, 0.5) is 0 Å². The van der Waals surface area contributed by atoms with Crippen molar-refractivity contribution in [3.63, 3.8) is 0 Å². The Kier molecular flexibility index (Phi) is 4.28. The lowest BCUT2D eigenvalue weighted by Gasteiger charge is -2.15. The van der Waals surface area contributed by atoms with Gasteiger partial charge < -0.3 is 5.11 Å². The van der Waals surface area contributed by atoms with Gasteiger partial charge in [-0.2, -0.15) is 0 Å². The Bertz CT molecular complexity index is 573. The molecule has 0 aromatic heterocycles. The Hall–Kier alpha value is -1.31. The largest absolute Gasteiger partial charge is 0.388 e. The molecule has 0 aliphatic rings. The van der Waals surface area contributed by atoms with Crippen LogP contribution in [-0.4, -0.2) is 5.11 Å². The van der Waals surface area contributed by atoms with Gasteiger partial charge in [0.1, 0.15) is 0 Å². The van der Waals surface area contributed by atoms with Crippen molar-refractivity contribution >= 4 is 11.6 Å². The first kappa shape index (κ1) is 14.1. The van der Waals surface area contributed by atoms with Crippen LogP contribution >= 0.6 is 11.6 Å². The van der Waals surface area contributed by atoms with Crippen molar-refractivity contribution in [2.75, 3.05) is 0 Å². The van der Waals surface area contributed by atoms with Crippen LogP contribution in [0.15, 0.2) is 36.4 Å². The molecular weight excluding hydrogens is 256 g/mol. The smallest absolute Gasteiger partial charge is 0.0833 e. The van der Waals surface area contributed by atoms with Crippen LogP contribution in [0.3, 0.4) is 0 Å². The minimum absolute atomic E-state index is 0.487. The fraction of sp³-hybridized carbons (Fsp3) is 0.294. The van der Waals surface area contributed by atoms with Gasteiger partial charge in [0.25, 0.3) is 0 Å². The normalized spacial score (nSPS) is 12.5. The molecule has 1 N–H and O–H groups in total. The number of hydrogen-bond donors (Lipinski definition) is 1. The van der Waals surface area contributed by atoms with Gasteiger partial charge in [-0.1, -0.05) is 47.5 Å². The number of hydrogen-bond acceptors (Lipinski definition) is 1. The van der Waals surface area contributed by atoms with E-state index in [1.165, 1.54) is 5.56 Å². The monoisotopic (exact) mass is 274 g/mol. The molecule has 1 unspecified atom stereocenters. The molecule has 0 spiro atoms. The first-order chi connectivity index (χ1) is 8.97. The molecule has 2 aromatic rings. The second kappa shape index (κ2) is 5.77. The summed E-state index contributed by atoms with van der Waals surface area (Å²) in [6.07, 6.45) is 0.140. The van der Waals surface area contributed by atoms with Crippen LogP contribution in [0.25, 0.3) is 0 Å². The summed E-state index contributed by atoms with van der Waals surface area (Å²) in [5.41, 5.74) is 5.38. The fourth-order valence-electron chi connectivity index (χ4n) is 2.22. The Morgan fingerprint density at radius 2 is 1.63 bits per heavy atom. The molecule has 0 aliphatic heterocycles.